The van der Waals surface area contributed by atoms with Crippen LogP contribution in [-0.4, -0.2) is 77.3 Å². The average molecular weight is 504 g/mol. The van der Waals surface area contributed by atoms with Crippen LogP contribution < -0.4 is 5.32 Å². The van der Waals surface area contributed by atoms with E-state index in [1.807, 2.05) is 16.8 Å². The van der Waals surface area contributed by atoms with Gasteiger partial charge in [-0.1, -0.05) is 19.6 Å². The Bertz CT molecular complexity index is 1240. The van der Waals surface area contributed by atoms with Crippen LogP contribution >= 0.6 is 0 Å². The third-order valence-corrected chi connectivity index (χ3v) is 8.85. The molecule has 0 saturated carbocycles. The minimum absolute atomic E-state index is 0.0387. The van der Waals surface area contributed by atoms with Crippen LogP contribution in [0.3, 0.4) is 0 Å². The second-order valence-corrected chi connectivity index (χ2v) is 17.6. The maximum atomic E-state index is 12.0. The molecule has 3 aromatic rings. The standard InChI is InChI=1S/C22H33N7O3SSi/c1-33(30,31)29-8-5-6-17(14-29)26-21-18(12-23-15-25-21)20-13-24-22-19(27-20)7-9-28(22)16-32-10-11-34(2,3)4/h7,9,12-13,15,17H,5-6,8,10-11,14,16H2,1-4H3,(H,23,25,26). The second kappa shape index (κ2) is 10.1. The first-order chi connectivity index (χ1) is 16.1. The molecule has 4 rings (SSSR count). The Kier molecular flexibility index (Phi) is 7.31. The summed E-state index contributed by atoms with van der Waals surface area (Å²) in [5, 5.41) is 3.40. The van der Waals surface area contributed by atoms with E-state index in [1.165, 1.54) is 16.9 Å². The molecule has 0 aromatic carbocycles. The Balaban J connectivity index is 1.49. The number of sulfonamides is 1. The number of nitrogens with one attached hydrogen (secondary N) is 1. The van der Waals surface area contributed by atoms with Gasteiger partial charge in [0.15, 0.2) is 5.65 Å². The first-order valence-corrected chi connectivity index (χ1v) is 17.1. The van der Waals surface area contributed by atoms with Gasteiger partial charge in [0.05, 0.1) is 23.7 Å². The molecule has 3 aromatic heterocycles. The van der Waals surface area contributed by atoms with Gasteiger partial charge in [-0.25, -0.2) is 32.7 Å². The van der Waals surface area contributed by atoms with E-state index in [0.717, 1.165) is 42.2 Å². The van der Waals surface area contributed by atoms with Crippen LogP contribution in [0, 0.1) is 0 Å². The lowest BCUT2D eigenvalue weighted by atomic mass is 10.1. The summed E-state index contributed by atoms with van der Waals surface area (Å²) in [6.07, 6.45) is 9.74. The van der Waals surface area contributed by atoms with Crippen LogP contribution in [0.15, 0.2) is 31.0 Å². The van der Waals surface area contributed by atoms with Crippen molar-refractivity contribution in [2.24, 2.45) is 0 Å². The van der Waals surface area contributed by atoms with Gasteiger partial charge in [-0.2, -0.15) is 0 Å². The fourth-order valence-electron chi connectivity index (χ4n) is 3.92. The molecule has 10 nitrogen and oxygen atoms in total. The van der Waals surface area contributed by atoms with Gasteiger partial charge in [0.1, 0.15) is 24.4 Å². The van der Waals surface area contributed by atoms with E-state index in [9.17, 15) is 8.42 Å². The van der Waals surface area contributed by atoms with Crippen LogP contribution in [0.25, 0.3) is 22.4 Å². The van der Waals surface area contributed by atoms with Crippen LogP contribution in [-0.2, 0) is 21.5 Å². The zero-order valence-corrected chi connectivity index (χ0v) is 22.0. The molecule has 34 heavy (non-hydrogen) atoms. The summed E-state index contributed by atoms with van der Waals surface area (Å²) in [4.78, 5) is 18.0. The molecule has 0 amide bonds. The van der Waals surface area contributed by atoms with Gasteiger partial charge in [0.2, 0.25) is 10.0 Å². The lowest BCUT2D eigenvalue weighted by Crippen LogP contribution is -2.44. The molecule has 1 aliphatic heterocycles. The van der Waals surface area contributed by atoms with Gasteiger partial charge in [-0.05, 0) is 25.0 Å². The number of ether oxygens (including phenoxy) is 1. The van der Waals surface area contributed by atoms with E-state index in [1.54, 1.807) is 12.4 Å². The van der Waals surface area contributed by atoms with Gasteiger partial charge in [0.25, 0.3) is 0 Å². The van der Waals surface area contributed by atoms with Crippen molar-refractivity contribution in [3.8, 4) is 11.3 Å². The topological polar surface area (TPSA) is 115 Å². The van der Waals surface area contributed by atoms with E-state index < -0.39 is 18.1 Å². The van der Waals surface area contributed by atoms with Crippen LogP contribution in [0.1, 0.15) is 12.8 Å². The summed E-state index contributed by atoms with van der Waals surface area (Å²) in [6, 6.07) is 3.01. The van der Waals surface area contributed by atoms with Crippen molar-refractivity contribution in [2.45, 2.75) is 51.3 Å². The zero-order chi connectivity index (χ0) is 24.3. The highest BCUT2D eigenvalue weighted by Crippen LogP contribution is 2.27. The molecule has 0 spiro atoms. The Morgan fingerprint density at radius 2 is 2.06 bits per heavy atom. The smallest absolute Gasteiger partial charge is 0.211 e. The number of rotatable bonds is 9. The lowest BCUT2D eigenvalue weighted by Gasteiger charge is -2.32. The number of hydrogen-bond acceptors (Lipinski definition) is 8. The van der Waals surface area contributed by atoms with Gasteiger partial charge in [0, 0.05) is 46.2 Å². The Morgan fingerprint density at radius 1 is 1.24 bits per heavy atom. The molecular formula is C22H33N7O3SSi. The van der Waals surface area contributed by atoms with E-state index in [4.69, 9.17) is 9.72 Å². The molecule has 1 N–H and O–H groups in total. The number of fused-ring (bicyclic) bond motifs is 1. The fraction of sp³-hybridized carbons (Fsp3) is 0.545. The number of piperidine rings is 1. The van der Waals surface area contributed by atoms with Gasteiger partial charge < -0.3 is 14.6 Å². The highest BCUT2D eigenvalue weighted by atomic mass is 32.2. The Morgan fingerprint density at radius 3 is 2.82 bits per heavy atom. The highest BCUT2D eigenvalue weighted by Gasteiger charge is 2.26. The normalized spacial score (nSPS) is 17.8. The molecule has 0 radical (unpaired) electrons. The zero-order valence-electron chi connectivity index (χ0n) is 20.2. The fourth-order valence-corrected chi connectivity index (χ4v) is 5.59. The monoisotopic (exact) mass is 503 g/mol. The number of nitrogens with zero attached hydrogens (tertiary/aromatic N) is 6. The van der Waals surface area contributed by atoms with Crippen LogP contribution in [0.5, 0.6) is 0 Å². The van der Waals surface area contributed by atoms with E-state index in [2.05, 4.69) is 39.9 Å². The van der Waals surface area contributed by atoms with E-state index in [0.29, 0.717) is 31.3 Å². The first kappa shape index (κ1) is 24.7. The van der Waals surface area contributed by atoms with Crippen molar-refractivity contribution < 1.29 is 13.2 Å². The van der Waals surface area contributed by atoms with Gasteiger partial charge in [-0.15, -0.1) is 0 Å². The first-order valence-electron chi connectivity index (χ1n) is 11.5. The molecule has 1 fully saturated rings. The average Bonchev–Trinajstić information content (AvgIpc) is 3.18. The molecule has 1 saturated heterocycles. The molecule has 0 aliphatic carbocycles. The van der Waals surface area contributed by atoms with Gasteiger partial charge >= 0.3 is 0 Å². The summed E-state index contributed by atoms with van der Waals surface area (Å²) in [6.45, 7) is 9.15. The van der Waals surface area contributed by atoms with Crippen molar-refractivity contribution in [2.75, 3.05) is 31.3 Å². The summed E-state index contributed by atoms with van der Waals surface area (Å²) in [5.41, 5.74) is 2.91. The molecular weight excluding hydrogens is 470 g/mol. The second-order valence-electron chi connectivity index (χ2n) is 9.99. The van der Waals surface area contributed by atoms with Crippen LogP contribution in [0.2, 0.25) is 25.7 Å². The Hall–Kier alpha value is -2.41. The largest absolute Gasteiger partial charge is 0.365 e. The van der Waals surface area contributed by atoms with Gasteiger partial charge in [-0.3, -0.25) is 0 Å². The number of hydrogen-bond donors (Lipinski definition) is 1. The molecule has 12 heteroatoms. The number of anilines is 1. The molecule has 4 heterocycles. The molecule has 1 aliphatic rings. The third-order valence-electron chi connectivity index (χ3n) is 5.87. The van der Waals surface area contributed by atoms with E-state index in [-0.39, 0.29) is 6.04 Å². The van der Waals surface area contributed by atoms with Crippen molar-refractivity contribution in [3.05, 3.63) is 31.0 Å². The maximum Gasteiger partial charge on any atom is 0.211 e. The quantitative estimate of drug-likeness (QED) is 0.350. The van der Waals surface area contributed by atoms with Crippen molar-refractivity contribution in [1.29, 1.82) is 0 Å². The summed E-state index contributed by atoms with van der Waals surface area (Å²) < 4.78 is 33.3. The predicted molar refractivity (Wildman–Crippen MR) is 136 cm³/mol. The van der Waals surface area contributed by atoms with E-state index >= 15 is 0 Å². The molecule has 1 atom stereocenters. The van der Waals surface area contributed by atoms with Crippen molar-refractivity contribution in [1.82, 2.24) is 28.8 Å². The van der Waals surface area contributed by atoms with Crippen molar-refractivity contribution in [3.63, 3.8) is 0 Å². The Labute approximate surface area is 201 Å². The summed E-state index contributed by atoms with van der Waals surface area (Å²) in [5.74, 6) is 0.623. The molecule has 1 unspecified atom stereocenters. The molecule has 0 bridgehead atoms. The maximum absolute atomic E-state index is 12.0. The third kappa shape index (κ3) is 6.17. The molecule has 184 valence electrons. The minimum atomic E-state index is -3.22. The SMILES string of the molecule is C[Si](C)(C)CCOCn1ccc2nc(-c3cncnc3NC3CCCN(S(C)(=O)=O)C3)cnc21. The van der Waals surface area contributed by atoms with Crippen LogP contribution in [0.4, 0.5) is 5.82 Å². The minimum Gasteiger partial charge on any atom is -0.365 e. The highest BCUT2D eigenvalue weighted by molar-refractivity contribution is 7.88. The van der Waals surface area contributed by atoms with Crippen molar-refractivity contribution >= 4 is 35.1 Å². The number of aromatic nitrogens is 5. The summed E-state index contributed by atoms with van der Waals surface area (Å²) >= 11 is 0. The predicted octanol–water partition coefficient (Wildman–Crippen LogP) is 3.04. The summed E-state index contributed by atoms with van der Waals surface area (Å²) in [7, 11) is -4.35. The lowest BCUT2D eigenvalue weighted by molar-refractivity contribution is 0.0899.